The second kappa shape index (κ2) is 4.64. The first-order chi connectivity index (χ1) is 7.62. The predicted molar refractivity (Wildman–Crippen MR) is 45.0 cm³/mol. The van der Waals surface area contributed by atoms with Crippen LogP contribution in [0.25, 0.3) is 0 Å². The molecule has 0 saturated carbocycles. The predicted octanol–water partition coefficient (Wildman–Crippen LogP) is 2.13. The Morgan fingerprint density at radius 1 is 1.18 bits per heavy atom. The molecule has 0 aliphatic heterocycles. The largest absolute Gasteiger partial charge is 0.423 e. The number of hydrogen-bond acceptors (Lipinski definition) is 5. The zero-order valence-corrected chi connectivity index (χ0v) is 8.66. The first-order valence-electron chi connectivity index (χ1n) is 3.94. The van der Waals surface area contributed by atoms with Crippen molar-refractivity contribution in [3.05, 3.63) is 5.69 Å². The van der Waals surface area contributed by atoms with Gasteiger partial charge in [0.2, 0.25) is 6.10 Å². The number of nitrogens with two attached hydrogens (primary N) is 1. The summed E-state index contributed by atoms with van der Waals surface area (Å²) in [6.07, 6.45) is -15.0. The Hall–Kier alpha value is -1.10. The van der Waals surface area contributed by atoms with Gasteiger partial charge in [-0.2, -0.15) is 26.3 Å². The number of anilines is 1. The number of ether oxygens (including phenoxy) is 1. The van der Waals surface area contributed by atoms with E-state index in [2.05, 4.69) is 14.3 Å². The number of nitrogens with zero attached hydrogens (tertiary/aromatic N) is 2. The quantitative estimate of drug-likeness (QED) is 0.862. The molecular weight excluding hydrogens is 276 g/mol. The van der Waals surface area contributed by atoms with E-state index in [-0.39, 0.29) is 10.7 Å². The molecule has 1 aromatic rings. The summed E-state index contributed by atoms with van der Waals surface area (Å²) in [5.41, 5.74) is 4.94. The molecule has 11 heteroatoms. The molecule has 0 unspecified atom stereocenters. The highest BCUT2D eigenvalue weighted by Gasteiger charge is 2.58. The first kappa shape index (κ1) is 14.0. The lowest BCUT2D eigenvalue weighted by Gasteiger charge is -2.22. The maximum atomic E-state index is 12.0. The van der Waals surface area contributed by atoms with Crippen molar-refractivity contribution in [3.63, 3.8) is 0 Å². The van der Waals surface area contributed by atoms with Crippen molar-refractivity contribution in [3.8, 4) is 0 Å². The highest BCUT2D eigenvalue weighted by Crippen LogP contribution is 2.36. The minimum Gasteiger partial charge on any atom is -0.388 e. The molecule has 0 fully saturated rings. The summed E-state index contributed by atoms with van der Waals surface area (Å²) in [7, 11) is 0. The molecule has 17 heavy (non-hydrogen) atoms. The van der Waals surface area contributed by atoms with E-state index >= 15 is 0 Å². The van der Waals surface area contributed by atoms with Crippen molar-refractivity contribution in [2.24, 2.45) is 0 Å². The van der Waals surface area contributed by atoms with Crippen molar-refractivity contribution in [2.45, 2.75) is 25.1 Å². The number of nitrogen functional groups attached to an aromatic ring is 1. The van der Waals surface area contributed by atoms with Crippen molar-refractivity contribution < 1.29 is 31.1 Å². The Labute approximate surface area is 94.5 Å². The fraction of sp³-hybridized carbons (Fsp3) is 0.667. The van der Waals surface area contributed by atoms with Gasteiger partial charge in [-0.05, 0) is 0 Å². The Kier molecular flexibility index (Phi) is 3.81. The Bertz CT molecular complexity index is 361. The number of halogens is 6. The lowest BCUT2D eigenvalue weighted by atomic mass is 10.3. The number of hydrogen-bond donors (Lipinski definition) is 1. The van der Waals surface area contributed by atoms with Gasteiger partial charge in [0.05, 0.1) is 6.61 Å². The van der Waals surface area contributed by atoms with E-state index in [4.69, 9.17) is 5.73 Å². The molecule has 1 heterocycles. The van der Waals surface area contributed by atoms with Crippen LogP contribution in [0.2, 0.25) is 0 Å². The summed E-state index contributed by atoms with van der Waals surface area (Å²) in [6.45, 7) is -1.01. The molecule has 1 aromatic heterocycles. The molecule has 0 aliphatic carbocycles. The van der Waals surface area contributed by atoms with E-state index in [1.807, 2.05) is 0 Å². The van der Waals surface area contributed by atoms with Crippen molar-refractivity contribution in [1.29, 1.82) is 0 Å². The van der Waals surface area contributed by atoms with Gasteiger partial charge >= 0.3 is 12.4 Å². The molecule has 0 aromatic carbocycles. The fourth-order valence-corrected chi connectivity index (χ4v) is 1.28. The third-order valence-electron chi connectivity index (χ3n) is 1.57. The second-order valence-corrected chi connectivity index (χ2v) is 3.64. The average Bonchev–Trinajstić information content (AvgIpc) is 2.47. The van der Waals surface area contributed by atoms with Gasteiger partial charge in [0.1, 0.15) is 10.7 Å². The normalized spacial score (nSPS) is 13.4. The molecule has 0 aliphatic rings. The molecular formula is C6H5F6N3OS. The standard InChI is InChI=1S/C6H5F6N3OS/c7-5(8,9)4(6(10,11)12)16-1-2-3(13)17-15-14-2/h4H,1,13H2. The molecule has 1 rings (SSSR count). The molecule has 0 spiro atoms. The van der Waals surface area contributed by atoms with Gasteiger partial charge < -0.3 is 10.5 Å². The van der Waals surface area contributed by atoms with Crippen molar-refractivity contribution in [2.75, 3.05) is 5.73 Å². The van der Waals surface area contributed by atoms with Gasteiger partial charge in [-0.3, -0.25) is 0 Å². The summed E-state index contributed by atoms with van der Waals surface area (Å²) in [5, 5.41) is 3.15. The molecule has 0 radical (unpaired) electrons. The van der Waals surface area contributed by atoms with Crippen LogP contribution in [0.5, 0.6) is 0 Å². The second-order valence-electron chi connectivity index (χ2n) is 2.86. The van der Waals surface area contributed by atoms with E-state index in [1.54, 1.807) is 0 Å². The zero-order valence-electron chi connectivity index (χ0n) is 7.84. The van der Waals surface area contributed by atoms with E-state index in [1.165, 1.54) is 0 Å². The van der Waals surface area contributed by atoms with Crippen LogP contribution in [-0.2, 0) is 11.3 Å². The van der Waals surface area contributed by atoms with Gasteiger partial charge in [-0.25, -0.2) is 0 Å². The van der Waals surface area contributed by atoms with Crippen LogP contribution in [0.4, 0.5) is 31.3 Å². The van der Waals surface area contributed by atoms with E-state index in [0.29, 0.717) is 11.5 Å². The maximum Gasteiger partial charge on any atom is 0.423 e. The molecule has 0 bridgehead atoms. The lowest BCUT2D eigenvalue weighted by Crippen LogP contribution is -2.44. The number of aromatic nitrogens is 2. The number of alkyl halides is 6. The van der Waals surface area contributed by atoms with Gasteiger partial charge in [0.25, 0.3) is 0 Å². The molecule has 98 valence electrons. The fourth-order valence-electron chi connectivity index (χ4n) is 0.852. The molecule has 2 N–H and O–H groups in total. The molecule has 4 nitrogen and oxygen atoms in total. The SMILES string of the molecule is Nc1snnc1COC(C(F)(F)F)C(F)(F)F. The van der Waals surface area contributed by atoms with Gasteiger partial charge in [-0.15, -0.1) is 5.10 Å². The van der Waals surface area contributed by atoms with Crippen LogP contribution >= 0.6 is 11.5 Å². The highest BCUT2D eigenvalue weighted by molar-refractivity contribution is 7.09. The summed E-state index contributed by atoms with van der Waals surface area (Å²) < 4.78 is 79.2. The van der Waals surface area contributed by atoms with Crippen LogP contribution in [0.15, 0.2) is 0 Å². The lowest BCUT2D eigenvalue weighted by molar-refractivity contribution is -0.324. The van der Waals surface area contributed by atoms with E-state index in [0.717, 1.165) is 0 Å². The van der Waals surface area contributed by atoms with Crippen LogP contribution in [-0.4, -0.2) is 28.0 Å². The average molecular weight is 281 g/mol. The minimum atomic E-state index is -5.55. The van der Waals surface area contributed by atoms with Gasteiger partial charge in [0, 0.05) is 11.5 Å². The zero-order chi connectivity index (χ0) is 13.3. The molecule has 0 amide bonds. The highest BCUT2D eigenvalue weighted by atomic mass is 32.1. The molecule has 0 saturated heterocycles. The summed E-state index contributed by atoms with van der Waals surface area (Å²) >= 11 is 0.645. The summed E-state index contributed by atoms with van der Waals surface area (Å²) in [4.78, 5) is 0. The summed E-state index contributed by atoms with van der Waals surface area (Å²) in [6, 6.07) is 0. The Balaban J connectivity index is 2.73. The van der Waals surface area contributed by atoms with Crippen molar-refractivity contribution in [1.82, 2.24) is 9.59 Å². The van der Waals surface area contributed by atoms with Crippen LogP contribution in [0, 0.1) is 0 Å². The molecule has 0 atom stereocenters. The van der Waals surface area contributed by atoms with Gasteiger partial charge in [0.15, 0.2) is 0 Å². The first-order valence-corrected chi connectivity index (χ1v) is 4.71. The third-order valence-corrected chi connectivity index (χ3v) is 2.16. The minimum absolute atomic E-state index is 0.0897. The van der Waals surface area contributed by atoms with Crippen molar-refractivity contribution >= 4 is 16.5 Å². The Morgan fingerprint density at radius 3 is 2.06 bits per heavy atom. The number of rotatable bonds is 3. The third kappa shape index (κ3) is 3.70. The van der Waals surface area contributed by atoms with Crippen LogP contribution in [0.1, 0.15) is 5.69 Å². The van der Waals surface area contributed by atoms with E-state index < -0.39 is 25.1 Å². The van der Waals surface area contributed by atoms with E-state index in [9.17, 15) is 26.3 Å². The Morgan fingerprint density at radius 2 is 1.71 bits per heavy atom. The maximum absolute atomic E-state index is 12.0. The smallest absolute Gasteiger partial charge is 0.388 e. The van der Waals surface area contributed by atoms with Crippen LogP contribution in [0.3, 0.4) is 0 Å². The topological polar surface area (TPSA) is 61.0 Å². The summed E-state index contributed by atoms with van der Waals surface area (Å²) in [5.74, 6) is 0. The monoisotopic (exact) mass is 281 g/mol. The van der Waals surface area contributed by atoms with Crippen LogP contribution < -0.4 is 5.73 Å². The van der Waals surface area contributed by atoms with Gasteiger partial charge in [-0.1, -0.05) is 4.49 Å².